The quantitative estimate of drug-likeness (QED) is 0.851. The summed E-state index contributed by atoms with van der Waals surface area (Å²) in [5, 5.41) is 2.97. The van der Waals surface area contributed by atoms with Gasteiger partial charge in [-0.2, -0.15) is 0 Å². The molecule has 0 aromatic heterocycles. The fourth-order valence-electron chi connectivity index (χ4n) is 2.66. The Morgan fingerprint density at radius 1 is 1.32 bits per heavy atom. The van der Waals surface area contributed by atoms with E-state index in [1.807, 2.05) is 11.8 Å². The number of hydrogen-bond donors (Lipinski definition) is 1. The maximum absolute atomic E-state index is 12.1. The number of likely N-dealkylation sites (tertiary alicyclic amines) is 1. The lowest BCUT2D eigenvalue weighted by molar-refractivity contribution is -0.145. The van der Waals surface area contributed by atoms with E-state index in [1.54, 1.807) is 0 Å². The van der Waals surface area contributed by atoms with Gasteiger partial charge in [-0.3, -0.25) is 0 Å². The summed E-state index contributed by atoms with van der Waals surface area (Å²) in [7, 11) is 0. The van der Waals surface area contributed by atoms with Crippen LogP contribution in [0.5, 0.6) is 0 Å². The Balaban J connectivity index is 1.69. The van der Waals surface area contributed by atoms with Crippen LogP contribution in [0.15, 0.2) is 0 Å². The number of nitrogens with zero attached hydrogens (tertiary/aromatic N) is 1. The maximum Gasteiger partial charge on any atom is 0.317 e. The Labute approximate surface area is 115 Å². The van der Waals surface area contributed by atoms with Gasteiger partial charge in [-0.15, -0.1) is 0 Å². The van der Waals surface area contributed by atoms with Crippen molar-refractivity contribution in [2.24, 2.45) is 11.8 Å². The summed E-state index contributed by atoms with van der Waals surface area (Å²) >= 11 is 0. The van der Waals surface area contributed by atoms with Gasteiger partial charge < -0.3 is 19.7 Å². The Bertz CT molecular complexity index is 316. The number of rotatable bonds is 3. The van der Waals surface area contributed by atoms with Gasteiger partial charge in [-0.25, -0.2) is 4.79 Å². The standard InChI is InChI=1S/C14H26N2O3/c1-11-4-7-16(10-12(11)2)13(17)15-6-5-14(3)18-8-9-19-14/h11-12H,4-10H2,1-3H3,(H,15,17)/t11-,12-/m1/s1. The number of urea groups is 1. The predicted octanol–water partition coefficient (Wildman–Crippen LogP) is 1.83. The van der Waals surface area contributed by atoms with Gasteiger partial charge in [-0.1, -0.05) is 13.8 Å². The van der Waals surface area contributed by atoms with Crippen LogP contribution < -0.4 is 5.32 Å². The normalized spacial score (nSPS) is 30.4. The highest BCUT2D eigenvalue weighted by atomic mass is 16.7. The third kappa shape index (κ3) is 3.83. The molecule has 0 spiro atoms. The smallest absolute Gasteiger partial charge is 0.317 e. The average Bonchev–Trinajstić information content (AvgIpc) is 2.79. The molecule has 2 aliphatic heterocycles. The molecular formula is C14H26N2O3. The van der Waals surface area contributed by atoms with Crippen LogP contribution in [0.3, 0.4) is 0 Å². The predicted molar refractivity (Wildman–Crippen MR) is 72.8 cm³/mol. The second kappa shape index (κ2) is 6.09. The van der Waals surface area contributed by atoms with E-state index in [0.29, 0.717) is 38.0 Å². The zero-order valence-corrected chi connectivity index (χ0v) is 12.3. The zero-order chi connectivity index (χ0) is 13.9. The lowest BCUT2D eigenvalue weighted by Crippen LogP contribution is -2.48. The van der Waals surface area contributed by atoms with E-state index in [2.05, 4.69) is 19.2 Å². The first-order valence-electron chi connectivity index (χ1n) is 7.31. The summed E-state index contributed by atoms with van der Waals surface area (Å²) in [6.07, 6.45) is 1.79. The topological polar surface area (TPSA) is 50.8 Å². The van der Waals surface area contributed by atoms with E-state index in [0.717, 1.165) is 19.5 Å². The van der Waals surface area contributed by atoms with Crippen LogP contribution in [-0.4, -0.2) is 49.6 Å². The molecule has 2 fully saturated rings. The van der Waals surface area contributed by atoms with Gasteiger partial charge in [0.1, 0.15) is 0 Å². The van der Waals surface area contributed by atoms with E-state index < -0.39 is 5.79 Å². The van der Waals surface area contributed by atoms with Gasteiger partial charge in [0.25, 0.3) is 0 Å². The summed E-state index contributed by atoms with van der Waals surface area (Å²) in [5.74, 6) is 0.776. The number of hydrogen-bond acceptors (Lipinski definition) is 3. The first-order valence-corrected chi connectivity index (χ1v) is 7.31. The third-order valence-electron chi connectivity index (χ3n) is 4.37. The molecule has 0 aromatic rings. The fraction of sp³-hybridized carbons (Fsp3) is 0.929. The van der Waals surface area contributed by atoms with Crippen LogP contribution >= 0.6 is 0 Å². The van der Waals surface area contributed by atoms with Crippen LogP contribution in [0.2, 0.25) is 0 Å². The lowest BCUT2D eigenvalue weighted by Gasteiger charge is -2.35. The van der Waals surface area contributed by atoms with E-state index in [9.17, 15) is 4.79 Å². The van der Waals surface area contributed by atoms with E-state index in [1.165, 1.54) is 0 Å². The van der Waals surface area contributed by atoms with Crippen molar-refractivity contribution in [1.29, 1.82) is 0 Å². The molecule has 2 saturated heterocycles. The summed E-state index contributed by atoms with van der Waals surface area (Å²) in [4.78, 5) is 14.0. The van der Waals surface area contributed by atoms with Crippen LogP contribution in [0.1, 0.15) is 33.6 Å². The van der Waals surface area contributed by atoms with Crippen molar-refractivity contribution in [3.05, 3.63) is 0 Å². The fourth-order valence-corrected chi connectivity index (χ4v) is 2.66. The number of piperidine rings is 1. The molecule has 19 heavy (non-hydrogen) atoms. The number of carbonyl (C=O) groups excluding carboxylic acids is 1. The minimum absolute atomic E-state index is 0.0420. The van der Waals surface area contributed by atoms with Gasteiger partial charge in [0.15, 0.2) is 5.79 Å². The molecule has 2 rings (SSSR count). The van der Waals surface area contributed by atoms with Gasteiger partial charge in [0, 0.05) is 26.1 Å². The van der Waals surface area contributed by atoms with Crippen LogP contribution in [-0.2, 0) is 9.47 Å². The molecule has 2 aliphatic rings. The molecule has 2 amide bonds. The molecule has 0 aromatic carbocycles. The average molecular weight is 270 g/mol. The SMILES string of the molecule is C[C@@H]1CCN(C(=O)NCCC2(C)OCCO2)C[C@H]1C. The Morgan fingerprint density at radius 3 is 2.63 bits per heavy atom. The molecule has 5 nitrogen and oxygen atoms in total. The number of amides is 2. The minimum Gasteiger partial charge on any atom is -0.348 e. The summed E-state index contributed by atoms with van der Waals surface area (Å²) in [5.41, 5.74) is 0. The van der Waals surface area contributed by atoms with Crippen molar-refractivity contribution in [3.63, 3.8) is 0 Å². The molecule has 5 heteroatoms. The van der Waals surface area contributed by atoms with Gasteiger partial charge >= 0.3 is 6.03 Å². The van der Waals surface area contributed by atoms with Crippen LogP contribution in [0.4, 0.5) is 4.79 Å². The zero-order valence-electron chi connectivity index (χ0n) is 12.3. The molecule has 1 N–H and O–H groups in total. The molecule has 0 bridgehead atoms. The molecule has 0 radical (unpaired) electrons. The molecular weight excluding hydrogens is 244 g/mol. The van der Waals surface area contributed by atoms with Crippen molar-refractivity contribution < 1.29 is 14.3 Å². The van der Waals surface area contributed by atoms with Gasteiger partial charge in [-0.05, 0) is 25.2 Å². The Morgan fingerprint density at radius 2 is 2.00 bits per heavy atom. The van der Waals surface area contributed by atoms with Crippen LogP contribution in [0.25, 0.3) is 0 Å². The number of nitrogens with one attached hydrogen (secondary N) is 1. The van der Waals surface area contributed by atoms with Crippen LogP contribution in [0, 0.1) is 11.8 Å². The maximum atomic E-state index is 12.1. The highest BCUT2D eigenvalue weighted by Crippen LogP contribution is 2.23. The first-order chi connectivity index (χ1) is 9.00. The summed E-state index contributed by atoms with van der Waals surface area (Å²) in [6, 6.07) is 0.0420. The Kier molecular flexibility index (Phi) is 4.68. The van der Waals surface area contributed by atoms with Gasteiger partial charge in [0.05, 0.1) is 13.2 Å². The number of carbonyl (C=O) groups is 1. The molecule has 2 atom stereocenters. The molecule has 0 aliphatic carbocycles. The molecule has 110 valence electrons. The van der Waals surface area contributed by atoms with Gasteiger partial charge in [0.2, 0.25) is 0 Å². The monoisotopic (exact) mass is 270 g/mol. The highest BCUT2D eigenvalue weighted by molar-refractivity contribution is 5.74. The van der Waals surface area contributed by atoms with Crippen molar-refractivity contribution >= 4 is 6.03 Å². The van der Waals surface area contributed by atoms with Crippen molar-refractivity contribution in [3.8, 4) is 0 Å². The van der Waals surface area contributed by atoms with Crippen molar-refractivity contribution in [2.45, 2.75) is 39.4 Å². The number of ether oxygens (including phenoxy) is 2. The molecule has 2 heterocycles. The first kappa shape index (κ1) is 14.6. The van der Waals surface area contributed by atoms with Crippen molar-refractivity contribution in [2.75, 3.05) is 32.8 Å². The van der Waals surface area contributed by atoms with E-state index in [-0.39, 0.29) is 6.03 Å². The second-order valence-electron chi connectivity index (χ2n) is 6.00. The highest BCUT2D eigenvalue weighted by Gasteiger charge is 2.31. The largest absolute Gasteiger partial charge is 0.348 e. The molecule has 0 unspecified atom stereocenters. The second-order valence-corrected chi connectivity index (χ2v) is 6.00. The lowest BCUT2D eigenvalue weighted by atomic mass is 9.89. The summed E-state index contributed by atoms with van der Waals surface area (Å²) in [6.45, 7) is 10.0. The third-order valence-corrected chi connectivity index (χ3v) is 4.37. The Hall–Kier alpha value is -0.810. The van der Waals surface area contributed by atoms with E-state index in [4.69, 9.17) is 9.47 Å². The van der Waals surface area contributed by atoms with Crippen molar-refractivity contribution in [1.82, 2.24) is 10.2 Å². The molecule has 0 saturated carbocycles. The minimum atomic E-state index is -0.517. The summed E-state index contributed by atoms with van der Waals surface area (Å²) < 4.78 is 11.0. The van der Waals surface area contributed by atoms with E-state index >= 15 is 0 Å².